The molecule has 0 fully saturated rings. The summed E-state index contributed by atoms with van der Waals surface area (Å²) in [6.07, 6.45) is 2.15. The lowest BCUT2D eigenvalue weighted by atomic mass is 9.84. The van der Waals surface area contributed by atoms with Crippen LogP contribution in [0.4, 0.5) is 4.39 Å². The molecule has 0 spiro atoms. The summed E-state index contributed by atoms with van der Waals surface area (Å²) in [5.74, 6) is 0.371. The summed E-state index contributed by atoms with van der Waals surface area (Å²) in [4.78, 5) is 0. The number of halogens is 1. The van der Waals surface area contributed by atoms with E-state index in [4.69, 9.17) is 0 Å². The van der Waals surface area contributed by atoms with Crippen LogP contribution >= 0.6 is 0 Å². The summed E-state index contributed by atoms with van der Waals surface area (Å²) in [5, 5.41) is 3.62. The van der Waals surface area contributed by atoms with Gasteiger partial charge in [0.05, 0.1) is 0 Å². The zero-order valence-electron chi connectivity index (χ0n) is 10.3. The molecule has 2 atom stereocenters. The molecule has 0 radical (unpaired) electrons. The maximum absolute atomic E-state index is 13.3. The van der Waals surface area contributed by atoms with Crippen molar-refractivity contribution in [2.24, 2.45) is 5.92 Å². The van der Waals surface area contributed by atoms with E-state index in [1.165, 1.54) is 5.56 Å². The Morgan fingerprint density at radius 1 is 1.44 bits per heavy atom. The van der Waals surface area contributed by atoms with Crippen LogP contribution in [0.25, 0.3) is 0 Å². The summed E-state index contributed by atoms with van der Waals surface area (Å²) in [7, 11) is 0. The second-order valence-corrected chi connectivity index (χ2v) is 5.04. The first-order valence-corrected chi connectivity index (χ1v) is 6.16. The fraction of sp³-hybridized carbons (Fsp3) is 0.571. The number of fused-ring (bicyclic) bond motifs is 1. The Balaban J connectivity index is 2.39. The van der Waals surface area contributed by atoms with Crippen molar-refractivity contribution in [1.29, 1.82) is 0 Å². The van der Waals surface area contributed by atoms with Gasteiger partial charge in [0.25, 0.3) is 0 Å². The number of hydrogen-bond acceptors (Lipinski definition) is 1. The van der Waals surface area contributed by atoms with Gasteiger partial charge in [-0.1, -0.05) is 26.8 Å². The van der Waals surface area contributed by atoms with E-state index >= 15 is 0 Å². The van der Waals surface area contributed by atoms with Crippen molar-refractivity contribution in [3.05, 3.63) is 35.1 Å². The van der Waals surface area contributed by atoms with Crippen LogP contribution in [0, 0.1) is 11.7 Å². The molecule has 0 bridgehead atoms. The van der Waals surface area contributed by atoms with Crippen LogP contribution in [0.2, 0.25) is 0 Å². The third-order valence-electron chi connectivity index (χ3n) is 3.48. The lowest BCUT2D eigenvalue weighted by Crippen LogP contribution is -2.41. The molecule has 0 aromatic heterocycles. The van der Waals surface area contributed by atoms with Gasteiger partial charge in [0.2, 0.25) is 0 Å². The molecule has 16 heavy (non-hydrogen) atoms. The fourth-order valence-corrected chi connectivity index (χ4v) is 2.52. The van der Waals surface area contributed by atoms with Crippen molar-refractivity contribution < 1.29 is 4.39 Å². The van der Waals surface area contributed by atoms with Crippen LogP contribution in [0.1, 0.15) is 44.4 Å². The molecular formula is C14H20FN. The van der Waals surface area contributed by atoms with Crippen LogP contribution in [0.3, 0.4) is 0 Å². The van der Waals surface area contributed by atoms with Crippen molar-refractivity contribution in [3.8, 4) is 0 Å². The Hall–Kier alpha value is -0.890. The average molecular weight is 221 g/mol. The molecule has 0 saturated carbocycles. The Kier molecular flexibility index (Phi) is 3.29. The van der Waals surface area contributed by atoms with Crippen LogP contribution in [-0.4, -0.2) is 6.04 Å². The van der Waals surface area contributed by atoms with E-state index < -0.39 is 0 Å². The molecule has 2 unspecified atom stereocenters. The lowest BCUT2D eigenvalue weighted by molar-refractivity contribution is 0.327. The fourth-order valence-electron chi connectivity index (χ4n) is 2.52. The molecule has 0 aliphatic carbocycles. The Morgan fingerprint density at radius 2 is 2.19 bits per heavy atom. The van der Waals surface area contributed by atoms with Crippen molar-refractivity contribution in [3.63, 3.8) is 0 Å². The third-order valence-corrected chi connectivity index (χ3v) is 3.48. The van der Waals surface area contributed by atoms with E-state index in [0.717, 1.165) is 18.4 Å². The molecule has 1 aliphatic heterocycles. The molecule has 2 heteroatoms. The van der Waals surface area contributed by atoms with E-state index in [2.05, 4.69) is 26.1 Å². The molecule has 1 aliphatic rings. The van der Waals surface area contributed by atoms with Crippen LogP contribution in [0.15, 0.2) is 18.2 Å². The molecule has 1 aromatic carbocycles. The van der Waals surface area contributed by atoms with E-state index in [-0.39, 0.29) is 5.82 Å². The molecule has 1 nitrogen and oxygen atoms in total. The summed E-state index contributed by atoms with van der Waals surface area (Å²) < 4.78 is 13.3. The van der Waals surface area contributed by atoms with Gasteiger partial charge in [0.15, 0.2) is 0 Å². The Morgan fingerprint density at radius 3 is 2.81 bits per heavy atom. The van der Waals surface area contributed by atoms with E-state index in [9.17, 15) is 4.39 Å². The van der Waals surface area contributed by atoms with Gasteiger partial charge < -0.3 is 5.32 Å². The van der Waals surface area contributed by atoms with Gasteiger partial charge in [-0.25, -0.2) is 4.39 Å². The quantitative estimate of drug-likeness (QED) is 0.806. The minimum absolute atomic E-state index is 0.124. The van der Waals surface area contributed by atoms with E-state index in [1.54, 1.807) is 12.1 Å². The van der Waals surface area contributed by atoms with Gasteiger partial charge in [-0.2, -0.15) is 0 Å². The topological polar surface area (TPSA) is 12.0 Å². The number of nitrogens with one attached hydrogen (secondary N) is 1. The molecule has 0 saturated heterocycles. The highest BCUT2D eigenvalue weighted by molar-refractivity contribution is 5.34. The predicted molar refractivity (Wildman–Crippen MR) is 64.9 cm³/mol. The zero-order chi connectivity index (χ0) is 11.7. The van der Waals surface area contributed by atoms with Gasteiger partial charge in [0.1, 0.15) is 5.82 Å². The maximum atomic E-state index is 13.3. The van der Waals surface area contributed by atoms with Crippen LogP contribution in [0.5, 0.6) is 0 Å². The van der Waals surface area contributed by atoms with Gasteiger partial charge in [-0.3, -0.25) is 0 Å². The molecule has 1 heterocycles. The minimum Gasteiger partial charge on any atom is -0.307 e. The second kappa shape index (κ2) is 4.54. The first-order chi connectivity index (χ1) is 7.61. The van der Waals surface area contributed by atoms with E-state index in [0.29, 0.717) is 18.0 Å². The van der Waals surface area contributed by atoms with Gasteiger partial charge in [0, 0.05) is 12.1 Å². The highest BCUT2D eigenvalue weighted by Crippen LogP contribution is 2.31. The smallest absolute Gasteiger partial charge is 0.123 e. The maximum Gasteiger partial charge on any atom is 0.123 e. The summed E-state index contributed by atoms with van der Waals surface area (Å²) in [6, 6.07) is 6.05. The monoisotopic (exact) mass is 221 g/mol. The average Bonchev–Trinajstić information content (AvgIpc) is 2.27. The summed E-state index contributed by atoms with van der Waals surface area (Å²) >= 11 is 0. The molecular weight excluding hydrogens is 201 g/mol. The highest BCUT2D eigenvalue weighted by atomic mass is 19.1. The SMILES string of the molecule is CCC1Cc2ccc(F)cc2C(C(C)C)N1. The molecule has 1 aromatic rings. The van der Waals surface area contributed by atoms with Gasteiger partial charge in [-0.15, -0.1) is 0 Å². The largest absolute Gasteiger partial charge is 0.307 e. The summed E-state index contributed by atoms with van der Waals surface area (Å²) in [5.41, 5.74) is 2.46. The molecule has 2 rings (SSSR count). The first-order valence-electron chi connectivity index (χ1n) is 6.16. The van der Waals surface area contributed by atoms with Crippen LogP contribution < -0.4 is 5.32 Å². The Bertz CT molecular complexity index is 373. The number of hydrogen-bond donors (Lipinski definition) is 1. The number of rotatable bonds is 2. The normalized spacial score (nSPS) is 24.6. The van der Waals surface area contributed by atoms with Crippen LogP contribution in [-0.2, 0) is 6.42 Å². The first kappa shape index (κ1) is 11.6. The Labute approximate surface area is 97.1 Å². The summed E-state index contributed by atoms with van der Waals surface area (Å²) in [6.45, 7) is 6.57. The lowest BCUT2D eigenvalue weighted by Gasteiger charge is -2.35. The molecule has 1 N–H and O–H groups in total. The minimum atomic E-state index is -0.124. The zero-order valence-corrected chi connectivity index (χ0v) is 10.3. The third kappa shape index (κ3) is 2.12. The van der Waals surface area contributed by atoms with Crippen molar-refractivity contribution in [1.82, 2.24) is 5.32 Å². The molecule has 0 amide bonds. The second-order valence-electron chi connectivity index (χ2n) is 5.04. The van der Waals surface area contributed by atoms with Crippen molar-refractivity contribution >= 4 is 0 Å². The molecule has 88 valence electrons. The van der Waals surface area contributed by atoms with E-state index in [1.807, 2.05) is 6.07 Å². The van der Waals surface area contributed by atoms with Crippen molar-refractivity contribution in [2.75, 3.05) is 0 Å². The van der Waals surface area contributed by atoms with Gasteiger partial charge in [-0.05, 0) is 42.0 Å². The standard InChI is InChI=1S/C14H20FN/c1-4-12-7-10-5-6-11(15)8-13(10)14(16-12)9(2)3/h5-6,8-9,12,14,16H,4,7H2,1-3H3. The van der Waals surface area contributed by atoms with Crippen molar-refractivity contribution in [2.45, 2.75) is 45.7 Å². The number of benzene rings is 1. The van der Waals surface area contributed by atoms with Gasteiger partial charge >= 0.3 is 0 Å². The highest BCUT2D eigenvalue weighted by Gasteiger charge is 2.27. The predicted octanol–water partition coefficient (Wildman–Crippen LogP) is 3.45.